The van der Waals surface area contributed by atoms with Crippen LogP contribution < -0.4 is 5.32 Å². The first-order chi connectivity index (χ1) is 11.3. The summed E-state index contributed by atoms with van der Waals surface area (Å²) in [5, 5.41) is 14.3. The van der Waals surface area contributed by atoms with Crippen LogP contribution in [0, 0.1) is 24.0 Å². The minimum atomic E-state index is -0.464. The van der Waals surface area contributed by atoms with Gasteiger partial charge in [-0.1, -0.05) is 13.8 Å². The van der Waals surface area contributed by atoms with Crippen molar-refractivity contribution in [3.63, 3.8) is 0 Å². The summed E-state index contributed by atoms with van der Waals surface area (Å²) in [7, 11) is 0. The molecule has 1 N–H and O–H groups in total. The van der Waals surface area contributed by atoms with E-state index in [1.165, 1.54) is 11.0 Å². The number of nitrogens with one attached hydrogen (secondary N) is 1. The first-order valence-corrected chi connectivity index (χ1v) is 9.35. The molecule has 2 aromatic rings. The molecule has 0 radical (unpaired) electrons. The molecule has 7 heteroatoms. The zero-order valence-electron chi connectivity index (χ0n) is 14.1. The van der Waals surface area contributed by atoms with E-state index >= 15 is 0 Å². The van der Waals surface area contributed by atoms with Crippen molar-refractivity contribution >= 4 is 40.4 Å². The standard InChI is InChI=1S/C17H20N2O3S2/c1-5-11(3)23-13-6-7-14(10(2)8-13)18-17(20)16-9-15(19(21)22)12(4)24-16/h6-9,11H,5H2,1-4H3,(H,18,20). The van der Waals surface area contributed by atoms with Gasteiger partial charge in [-0.15, -0.1) is 23.1 Å². The molecule has 128 valence electrons. The third-order valence-electron chi connectivity index (χ3n) is 3.67. The van der Waals surface area contributed by atoms with Gasteiger partial charge >= 0.3 is 0 Å². The van der Waals surface area contributed by atoms with Gasteiger partial charge in [-0.3, -0.25) is 14.9 Å². The smallest absolute Gasteiger partial charge is 0.283 e. The minimum absolute atomic E-state index is 0.0119. The Kier molecular flexibility index (Phi) is 6.01. The summed E-state index contributed by atoms with van der Waals surface area (Å²) in [5.41, 5.74) is 1.68. The van der Waals surface area contributed by atoms with Gasteiger partial charge in [0, 0.05) is 21.9 Å². The predicted molar refractivity (Wildman–Crippen MR) is 100 cm³/mol. The Hall–Kier alpha value is -1.86. The van der Waals surface area contributed by atoms with Crippen molar-refractivity contribution in [3.05, 3.63) is 49.7 Å². The summed E-state index contributed by atoms with van der Waals surface area (Å²) < 4.78 is 0. The molecule has 0 saturated carbocycles. The lowest BCUT2D eigenvalue weighted by molar-refractivity contribution is -0.385. The van der Waals surface area contributed by atoms with Crippen molar-refractivity contribution in [2.24, 2.45) is 0 Å². The van der Waals surface area contributed by atoms with Crippen molar-refractivity contribution in [1.82, 2.24) is 0 Å². The number of carbonyl (C=O) groups excluding carboxylic acids is 1. The van der Waals surface area contributed by atoms with Crippen molar-refractivity contribution < 1.29 is 9.72 Å². The number of thioether (sulfide) groups is 1. The molecule has 0 aliphatic carbocycles. The molecule has 0 aliphatic heterocycles. The Labute approximate surface area is 149 Å². The lowest BCUT2D eigenvalue weighted by Crippen LogP contribution is -2.11. The third-order valence-corrected chi connectivity index (χ3v) is 5.97. The second-order valence-corrected chi connectivity index (χ2v) is 8.34. The largest absolute Gasteiger partial charge is 0.321 e. The van der Waals surface area contributed by atoms with E-state index in [9.17, 15) is 14.9 Å². The number of thiophene rings is 1. The van der Waals surface area contributed by atoms with Crippen LogP contribution >= 0.6 is 23.1 Å². The second-order valence-electron chi connectivity index (χ2n) is 5.58. The molecule has 0 fully saturated rings. The summed E-state index contributed by atoms with van der Waals surface area (Å²) >= 11 is 2.94. The van der Waals surface area contributed by atoms with Gasteiger partial charge in [0.15, 0.2) is 0 Å². The van der Waals surface area contributed by atoms with E-state index in [1.54, 1.807) is 18.7 Å². The molecule has 1 aromatic carbocycles. The lowest BCUT2D eigenvalue weighted by Gasteiger charge is -2.12. The van der Waals surface area contributed by atoms with E-state index in [2.05, 4.69) is 25.2 Å². The number of amides is 1. The number of rotatable bonds is 6. The van der Waals surface area contributed by atoms with Crippen LogP contribution in [0.4, 0.5) is 11.4 Å². The number of aryl methyl sites for hydroxylation is 2. The molecule has 1 amide bonds. The highest BCUT2D eigenvalue weighted by atomic mass is 32.2. The molecule has 0 saturated heterocycles. The number of benzene rings is 1. The van der Waals surface area contributed by atoms with E-state index in [0.29, 0.717) is 15.0 Å². The number of hydrogen-bond acceptors (Lipinski definition) is 5. The lowest BCUT2D eigenvalue weighted by atomic mass is 10.2. The number of anilines is 1. The van der Waals surface area contributed by atoms with Crippen LogP contribution in [-0.4, -0.2) is 16.1 Å². The number of nitrogens with zero attached hydrogens (tertiary/aromatic N) is 1. The molecule has 1 unspecified atom stereocenters. The molecule has 0 spiro atoms. The molecule has 1 aromatic heterocycles. The molecule has 24 heavy (non-hydrogen) atoms. The fourth-order valence-corrected chi connectivity index (χ4v) is 4.02. The van der Waals surface area contributed by atoms with Crippen LogP contribution in [0.25, 0.3) is 0 Å². The number of nitro groups is 1. The van der Waals surface area contributed by atoms with Crippen molar-refractivity contribution in [3.8, 4) is 0 Å². The van der Waals surface area contributed by atoms with Gasteiger partial charge < -0.3 is 5.32 Å². The summed E-state index contributed by atoms with van der Waals surface area (Å²) in [6.07, 6.45) is 1.10. The second kappa shape index (κ2) is 7.81. The minimum Gasteiger partial charge on any atom is -0.321 e. The van der Waals surface area contributed by atoms with Gasteiger partial charge in [0.05, 0.1) is 14.7 Å². The summed E-state index contributed by atoms with van der Waals surface area (Å²) in [6, 6.07) is 7.25. The van der Waals surface area contributed by atoms with Gasteiger partial charge in [-0.05, 0) is 44.0 Å². The number of carbonyl (C=O) groups is 1. The first kappa shape index (κ1) is 18.5. The molecular weight excluding hydrogens is 344 g/mol. The molecular formula is C17H20N2O3S2. The zero-order chi connectivity index (χ0) is 17.9. The van der Waals surface area contributed by atoms with E-state index in [1.807, 2.05) is 19.1 Å². The Bertz CT molecular complexity index is 771. The Morgan fingerprint density at radius 1 is 1.38 bits per heavy atom. The normalized spacial score (nSPS) is 12.0. The molecule has 2 rings (SSSR count). The van der Waals surface area contributed by atoms with E-state index in [4.69, 9.17) is 0 Å². The summed E-state index contributed by atoms with van der Waals surface area (Å²) in [4.78, 5) is 24.8. The van der Waals surface area contributed by atoms with Crippen LogP contribution in [0.5, 0.6) is 0 Å². The SMILES string of the molecule is CCC(C)Sc1ccc(NC(=O)c2cc([N+](=O)[O-])c(C)s2)c(C)c1. The van der Waals surface area contributed by atoms with Crippen LogP contribution in [-0.2, 0) is 0 Å². The molecule has 1 atom stereocenters. The van der Waals surface area contributed by atoms with E-state index < -0.39 is 4.92 Å². The molecule has 1 heterocycles. The highest BCUT2D eigenvalue weighted by Gasteiger charge is 2.20. The topological polar surface area (TPSA) is 72.2 Å². The zero-order valence-corrected chi connectivity index (χ0v) is 15.7. The van der Waals surface area contributed by atoms with Crippen LogP contribution in [0.3, 0.4) is 0 Å². The molecule has 5 nitrogen and oxygen atoms in total. The van der Waals surface area contributed by atoms with Crippen LogP contribution in [0.15, 0.2) is 29.2 Å². The molecule has 0 aliphatic rings. The summed E-state index contributed by atoms with van der Waals surface area (Å²) in [5.74, 6) is -0.318. The Morgan fingerprint density at radius 2 is 2.08 bits per heavy atom. The van der Waals surface area contributed by atoms with Gasteiger partial charge in [0.25, 0.3) is 11.6 Å². The fourth-order valence-electron chi connectivity index (χ4n) is 2.11. The van der Waals surface area contributed by atoms with Crippen molar-refractivity contribution in [1.29, 1.82) is 0 Å². The number of hydrogen-bond donors (Lipinski definition) is 1. The highest BCUT2D eigenvalue weighted by Crippen LogP contribution is 2.31. The monoisotopic (exact) mass is 364 g/mol. The van der Waals surface area contributed by atoms with E-state index in [-0.39, 0.29) is 11.6 Å². The van der Waals surface area contributed by atoms with E-state index in [0.717, 1.165) is 29.0 Å². The van der Waals surface area contributed by atoms with Gasteiger partial charge in [-0.2, -0.15) is 0 Å². The Balaban J connectivity index is 2.14. The van der Waals surface area contributed by atoms with Crippen LogP contribution in [0.1, 0.15) is 40.4 Å². The van der Waals surface area contributed by atoms with Gasteiger partial charge in [-0.25, -0.2) is 0 Å². The quantitative estimate of drug-likeness (QED) is 0.422. The fraction of sp³-hybridized carbons (Fsp3) is 0.353. The Morgan fingerprint density at radius 3 is 2.62 bits per heavy atom. The predicted octanol–water partition coefficient (Wildman–Crippen LogP) is 5.42. The summed E-state index contributed by atoms with van der Waals surface area (Å²) in [6.45, 7) is 7.92. The van der Waals surface area contributed by atoms with Gasteiger partial charge in [0.1, 0.15) is 0 Å². The van der Waals surface area contributed by atoms with Crippen molar-refractivity contribution in [2.45, 2.75) is 44.3 Å². The average molecular weight is 364 g/mol. The van der Waals surface area contributed by atoms with Crippen molar-refractivity contribution in [2.75, 3.05) is 5.32 Å². The maximum absolute atomic E-state index is 12.3. The van der Waals surface area contributed by atoms with Gasteiger partial charge in [0.2, 0.25) is 0 Å². The maximum atomic E-state index is 12.3. The van der Waals surface area contributed by atoms with Crippen LogP contribution in [0.2, 0.25) is 0 Å². The third kappa shape index (κ3) is 4.36. The highest BCUT2D eigenvalue weighted by molar-refractivity contribution is 7.99. The maximum Gasteiger partial charge on any atom is 0.283 e. The molecule has 0 bridgehead atoms. The first-order valence-electron chi connectivity index (χ1n) is 7.65. The average Bonchev–Trinajstić information content (AvgIpc) is 2.92.